The Morgan fingerprint density at radius 2 is 1.74 bits per heavy atom. The second-order valence-corrected chi connectivity index (χ2v) is 8.90. The zero-order chi connectivity index (χ0) is 22.0. The van der Waals surface area contributed by atoms with Crippen LogP contribution in [0.15, 0.2) is 71.8 Å². The Kier molecular flexibility index (Phi) is 6.14. The lowest BCUT2D eigenvalue weighted by Crippen LogP contribution is -2.15. The predicted octanol–water partition coefficient (Wildman–Crippen LogP) is 6.48. The van der Waals surface area contributed by atoms with Gasteiger partial charge in [-0.15, -0.1) is 11.8 Å². The van der Waals surface area contributed by atoms with Gasteiger partial charge in [0.15, 0.2) is 0 Å². The summed E-state index contributed by atoms with van der Waals surface area (Å²) in [6, 6.07) is 18.9. The standard InChI is InChI=1S/C26H25FN2OS/c1-17-11-18(2)26(19(3)12-17)28-25(30)16-31-24-15-29(23-10-5-4-9-22(23)24)14-20-7-6-8-21(27)13-20/h4-13,15H,14,16H2,1-3H3,(H,28,30). The number of para-hydroxylation sites is 1. The minimum absolute atomic E-state index is 0.0259. The van der Waals surface area contributed by atoms with Crippen molar-refractivity contribution in [2.24, 2.45) is 0 Å². The number of amides is 1. The highest BCUT2D eigenvalue weighted by Gasteiger charge is 2.13. The van der Waals surface area contributed by atoms with Crippen LogP contribution in [0.4, 0.5) is 10.1 Å². The van der Waals surface area contributed by atoms with Crippen LogP contribution >= 0.6 is 11.8 Å². The van der Waals surface area contributed by atoms with Gasteiger partial charge < -0.3 is 9.88 Å². The summed E-state index contributed by atoms with van der Waals surface area (Å²) >= 11 is 1.52. The fraction of sp³-hybridized carbons (Fsp3) is 0.192. The highest BCUT2D eigenvalue weighted by molar-refractivity contribution is 8.00. The number of hydrogen-bond donors (Lipinski definition) is 1. The summed E-state index contributed by atoms with van der Waals surface area (Å²) in [6.07, 6.45) is 2.05. The van der Waals surface area contributed by atoms with Gasteiger partial charge in [-0.25, -0.2) is 4.39 Å². The first-order chi connectivity index (χ1) is 14.9. The van der Waals surface area contributed by atoms with Gasteiger partial charge in [-0.2, -0.15) is 0 Å². The maximum Gasteiger partial charge on any atom is 0.234 e. The molecular formula is C26H25FN2OS. The molecule has 0 saturated carbocycles. The van der Waals surface area contributed by atoms with Crippen LogP contribution in [0.25, 0.3) is 10.9 Å². The molecule has 0 unspecified atom stereocenters. The number of nitrogens with one attached hydrogen (secondary N) is 1. The van der Waals surface area contributed by atoms with Crippen molar-refractivity contribution in [2.75, 3.05) is 11.1 Å². The second kappa shape index (κ2) is 8.98. The van der Waals surface area contributed by atoms with Gasteiger partial charge in [0.2, 0.25) is 5.91 Å². The van der Waals surface area contributed by atoms with E-state index in [4.69, 9.17) is 0 Å². The molecule has 1 N–H and O–H groups in total. The summed E-state index contributed by atoms with van der Waals surface area (Å²) in [7, 11) is 0. The SMILES string of the molecule is Cc1cc(C)c(NC(=O)CSc2cn(Cc3cccc(F)c3)c3ccccc23)c(C)c1. The third kappa shape index (κ3) is 4.83. The van der Waals surface area contributed by atoms with Crippen molar-refractivity contribution in [3.63, 3.8) is 0 Å². The molecular weight excluding hydrogens is 407 g/mol. The maximum atomic E-state index is 13.6. The van der Waals surface area contributed by atoms with E-state index in [9.17, 15) is 9.18 Å². The monoisotopic (exact) mass is 432 g/mol. The summed E-state index contributed by atoms with van der Waals surface area (Å²) in [5.74, 6) is 0.0599. The molecule has 158 valence electrons. The first-order valence-electron chi connectivity index (χ1n) is 10.2. The number of aryl methyl sites for hydroxylation is 3. The number of thioether (sulfide) groups is 1. The van der Waals surface area contributed by atoms with Crippen molar-refractivity contribution in [2.45, 2.75) is 32.2 Å². The maximum absolute atomic E-state index is 13.6. The number of halogens is 1. The lowest BCUT2D eigenvalue weighted by Gasteiger charge is -2.12. The quantitative estimate of drug-likeness (QED) is 0.354. The van der Waals surface area contributed by atoms with Crippen LogP contribution in [-0.4, -0.2) is 16.2 Å². The number of anilines is 1. The van der Waals surface area contributed by atoms with Gasteiger partial charge in [0.25, 0.3) is 0 Å². The molecule has 0 aliphatic rings. The number of hydrogen-bond acceptors (Lipinski definition) is 2. The smallest absolute Gasteiger partial charge is 0.234 e. The van der Waals surface area contributed by atoms with E-state index in [-0.39, 0.29) is 11.7 Å². The topological polar surface area (TPSA) is 34.0 Å². The molecule has 0 atom stereocenters. The molecule has 31 heavy (non-hydrogen) atoms. The molecule has 4 rings (SSSR count). The van der Waals surface area contributed by atoms with Gasteiger partial charge in [0, 0.05) is 34.2 Å². The van der Waals surface area contributed by atoms with Crippen LogP contribution < -0.4 is 5.32 Å². The minimum atomic E-state index is -0.234. The number of aromatic nitrogens is 1. The molecule has 0 aliphatic carbocycles. The summed E-state index contributed by atoms with van der Waals surface area (Å²) in [5.41, 5.74) is 6.20. The van der Waals surface area contributed by atoms with E-state index in [1.165, 1.54) is 23.4 Å². The highest BCUT2D eigenvalue weighted by Crippen LogP contribution is 2.31. The third-order valence-electron chi connectivity index (χ3n) is 5.29. The largest absolute Gasteiger partial charge is 0.342 e. The number of nitrogens with zero attached hydrogens (tertiary/aromatic N) is 1. The molecule has 1 amide bonds. The molecule has 4 aromatic rings. The second-order valence-electron chi connectivity index (χ2n) is 7.88. The van der Waals surface area contributed by atoms with E-state index in [1.807, 2.05) is 32.0 Å². The van der Waals surface area contributed by atoms with Gasteiger partial charge in [0.05, 0.1) is 5.75 Å². The molecule has 3 aromatic carbocycles. The molecule has 0 radical (unpaired) electrons. The molecule has 0 aliphatic heterocycles. The molecule has 1 heterocycles. The van der Waals surface area contributed by atoms with Crippen LogP contribution in [0.1, 0.15) is 22.3 Å². The molecule has 0 bridgehead atoms. The van der Waals surface area contributed by atoms with Crippen molar-refractivity contribution in [3.8, 4) is 0 Å². The van der Waals surface area contributed by atoms with Crippen LogP contribution in [-0.2, 0) is 11.3 Å². The van der Waals surface area contributed by atoms with Crippen molar-refractivity contribution in [1.29, 1.82) is 0 Å². The average Bonchev–Trinajstić information content (AvgIpc) is 3.07. The molecule has 0 spiro atoms. The zero-order valence-corrected chi connectivity index (χ0v) is 18.7. The predicted molar refractivity (Wildman–Crippen MR) is 127 cm³/mol. The number of rotatable bonds is 6. The van der Waals surface area contributed by atoms with Gasteiger partial charge in [-0.05, 0) is 55.7 Å². The van der Waals surface area contributed by atoms with Crippen LogP contribution in [0.3, 0.4) is 0 Å². The summed E-state index contributed by atoms with van der Waals surface area (Å²) in [4.78, 5) is 13.7. The van der Waals surface area contributed by atoms with Gasteiger partial charge in [-0.3, -0.25) is 4.79 Å². The van der Waals surface area contributed by atoms with Crippen molar-refractivity contribution in [3.05, 3.63) is 94.9 Å². The highest BCUT2D eigenvalue weighted by atomic mass is 32.2. The Labute approximate surface area is 186 Å². The third-order valence-corrected chi connectivity index (χ3v) is 6.34. The Morgan fingerprint density at radius 1 is 1.00 bits per heavy atom. The lowest BCUT2D eigenvalue weighted by molar-refractivity contribution is -0.113. The minimum Gasteiger partial charge on any atom is -0.342 e. The Hall–Kier alpha value is -3.05. The van der Waals surface area contributed by atoms with E-state index >= 15 is 0 Å². The molecule has 3 nitrogen and oxygen atoms in total. The zero-order valence-electron chi connectivity index (χ0n) is 17.9. The number of carbonyl (C=O) groups excluding carboxylic acids is 1. The first kappa shape index (κ1) is 21.2. The molecule has 5 heteroatoms. The van der Waals surface area contributed by atoms with Crippen LogP contribution in [0.5, 0.6) is 0 Å². The van der Waals surface area contributed by atoms with Crippen molar-refractivity contribution >= 4 is 34.3 Å². The van der Waals surface area contributed by atoms with Crippen molar-refractivity contribution in [1.82, 2.24) is 4.57 Å². The first-order valence-corrected chi connectivity index (χ1v) is 11.2. The van der Waals surface area contributed by atoms with Crippen molar-refractivity contribution < 1.29 is 9.18 Å². The average molecular weight is 433 g/mol. The van der Waals surface area contributed by atoms with E-state index in [1.54, 1.807) is 12.1 Å². The molecule has 0 fully saturated rings. The van der Waals surface area contributed by atoms with E-state index in [0.717, 1.165) is 38.2 Å². The van der Waals surface area contributed by atoms with E-state index in [0.29, 0.717) is 12.3 Å². The van der Waals surface area contributed by atoms with Gasteiger partial charge in [0.1, 0.15) is 5.82 Å². The van der Waals surface area contributed by atoms with Gasteiger partial charge >= 0.3 is 0 Å². The Balaban J connectivity index is 1.52. The lowest BCUT2D eigenvalue weighted by atomic mass is 10.1. The number of carbonyl (C=O) groups is 1. The van der Waals surface area contributed by atoms with Crippen LogP contribution in [0, 0.1) is 26.6 Å². The fourth-order valence-corrected chi connectivity index (χ4v) is 4.88. The number of benzene rings is 3. The Bertz CT molecular complexity index is 1240. The molecule has 0 saturated heterocycles. The summed E-state index contributed by atoms with van der Waals surface area (Å²) in [6.45, 7) is 6.67. The number of fused-ring (bicyclic) bond motifs is 1. The van der Waals surface area contributed by atoms with Crippen LogP contribution in [0.2, 0.25) is 0 Å². The fourth-order valence-electron chi connectivity index (χ4n) is 3.99. The van der Waals surface area contributed by atoms with E-state index < -0.39 is 0 Å². The summed E-state index contributed by atoms with van der Waals surface area (Å²) < 4.78 is 15.7. The Morgan fingerprint density at radius 3 is 2.48 bits per heavy atom. The van der Waals surface area contributed by atoms with E-state index in [2.05, 4.69) is 47.3 Å². The van der Waals surface area contributed by atoms with Gasteiger partial charge in [-0.1, -0.05) is 48.0 Å². The molecule has 1 aromatic heterocycles. The normalized spacial score (nSPS) is 11.1. The summed E-state index contributed by atoms with van der Waals surface area (Å²) in [5, 5.41) is 4.17.